The number of hydrogen-bond donors (Lipinski definition) is 2. The Morgan fingerprint density at radius 1 is 1.30 bits per heavy atom. The van der Waals surface area contributed by atoms with Gasteiger partial charge in [-0.05, 0) is 31.3 Å². The number of carboxylic acid groups (broad SMARTS) is 1. The second kappa shape index (κ2) is 6.92. The third-order valence-electron chi connectivity index (χ3n) is 3.68. The highest BCUT2D eigenvalue weighted by atomic mass is 16.4. The molecule has 0 bridgehead atoms. The van der Waals surface area contributed by atoms with Gasteiger partial charge < -0.3 is 20.2 Å². The molecule has 6 nitrogen and oxygen atoms in total. The first-order valence-electron chi connectivity index (χ1n) is 7.18. The van der Waals surface area contributed by atoms with Gasteiger partial charge in [0.25, 0.3) is 0 Å². The van der Waals surface area contributed by atoms with Crippen LogP contribution in [-0.2, 0) is 4.79 Å². The van der Waals surface area contributed by atoms with E-state index in [1.54, 1.807) is 32.7 Å². The Bertz CT molecular complexity index is 346. The van der Waals surface area contributed by atoms with Crippen LogP contribution in [0.1, 0.15) is 33.6 Å². The number of nitrogens with one attached hydrogen (secondary N) is 1. The molecule has 0 spiro atoms. The summed E-state index contributed by atoms with van der Waals surface area (Å²) < 4.78 is 0. The van der Waals surface area contributed by atoms with Gasteiger partial charge in [0.15, 0.2) is 0 Å². The summed E-state index contributed by atoms with van der Waals surface area (Å²) in [6, 6.07) is -1.21. The first-order chi connectivity index (χ1) is 9.21. The molecule has 20 heavy (non-hydrogen) atoms. The molecule has 1 fully saturated rings. The van der Waals surface area contributed by atoms with Crippen LogP contribution in [0, 0.1) is 5.41 Å². The smallest absolute Gasteiger partial charge is 0.326 e. The number of nitrogens with zero attached hydrogens (tertiary/aromatic N) is 2. The first kappa shape index (κ1) is 16.8. The molecule has 1 rings (SSSR count). The van der Waals surface area contributed by atoms with E-state index >= 15 is 0 Å². The summed E-state index contributed by atoms with van der Waals surface area (Å²) in [5.41, 5.74) is -0.517. The van der Waals surface area contributed by atoms with Gasteiger partial charge in [0, 0.05) is 20.1 Å². The molecule has 0 saturated carbocycles. The number of amides is 2. The van der Waals surface area contributed by atoms with E-state index < -0.39 is 17.4 Å². The van der Waals surface area contributed by atoms with E-state index in [1.807, 2.05) is 0 Å². The van der Waals surface area contributed by atoms with Crippen LogP contribution in [0.2, 0.25) is 0 Å². The van der Waals surface area contributed by atoms with Crippen LogP contribution >= 0.6 is 0 Å². The lowest BCUT2D eigenvalue weighted by atomic mass is 9.87. The predicted molar refractivity (Wildman–Crippen MR) is 77.7 cm³/mol. The van der Waals surface area contributed by atoms with Crippen molar-refractivity contribution in [3.8, 4) is 0 Å². The molecule has 0 unspecified atom stereocenters. The molecule has 1 aliphatic rings. The second-order valence-corrected chi connectivity index (χ2v) is 6.56. The van der Waals surface area contributed by atoms with E-state index in [0.29, 0.717) is 6.54 Å². The maximum absolute atomic E-state index is 12.0. The molecule has 2 amide bonds. The molecule has 1 atom stereocenters. The molecule has 2 N–H and O–H groups in total. The van der Waals surface area contributed by atoms with Crippen LogP contribution in [-0.4, -0.2) is 66.2 Å². The molecule has 6 heteroatoms. The van der Waals surface area contributed by atoms with Gasteiger partial charge in [-0.1, -0.05) is 20.8 Å². The van der Waals surface area contributed by atoms with Crippen molar-refractivity contribution in [1.29, 1.82) is 0 Å². The molecule has 116 valence electrons. The van der Waals surface area contributed by atoms with Crippen molar-refractivity contribution in [3.63, 3.8) is 0 Å². The zero-order valence-corrected chi connectivity index (χ0v) is 13.0. The SMILES string of the molecule is CN(CCN1CCCC1)C(=O)N[C@@H](C(=O)O)C(C)(C)C. The molecule has 1 saturated heterocycles. The number of carboxylic acids is 1. The van der Waals surface area contributed by atoms with Gasteiger partial charge in [-0.25, -0.2) is 9.59 Å². The van der Waals surface area contributed by atoms with Crippen molar-refractivity contribution in [2.24, 2.45) is 5.41 Å². The largest absolute Gasteiger partial charge is 0.480 e. The van der Waals surface area contributed by atoms with Crippen molar-refractivity contribution in [3.05, 3.63) is 0 Å². The van der Waals surface area contributed by atoms with Gasteiger partial charge in [-0.3, -0.25) is 0 Å². The Morgan fingerprint density at radius 2 is 1.85 bits per heavy atom. The summed E-state index contributed by atoms with van der Waals surface area (Å²) in [7, 11) is 1.70. The van der Waals surface area contributed by atoms with Crippen LogP contribution in [0.15, 0.2) is 0 Å². The monoisotopic (exact) mass is 285 g/mol. The van der Waals surface area contributed by atoms with Crippen molar-refractivity contribution in [2.75, 3.05) is 33.2 Å². The Balaban J connectivity index is 2.44. The fourth-order valence-corrected chi connectivity index (χ4v) is 2.28. The van der Waals surface area contributed by atoms with Crippen molar-refractivity contribution < 1.29 is 14.7 Å². The summed E-state index contributed by atoms with van der Waals surface area (Å²) in [6.45, 7) is 9.05. The zero-order valence-electron chi connectivity index (χ0n) is 13.0. The van der Waals surface area contributed by atoms with E-state index in [4.69, 9.17) is 0 Å². The maximum Gasteiger partial charge on any atom is 0.326 e. The summed E-state index contributed by atoms with van der Waals surface area (Å²) >= 11 is 0. The fourth-order valence-electron chi connectivity index (χ4n) is 2.28. The number of likely N-dealkylation sites (N-methyl/N-ethyl adjacent to an activating group) is 1. The van der Waals surface area contributed by atoms with Crippen molar-refractivity contribution in [1.82, 2.24) is 15.1 Å². The van der Waals surface area contributed by atoms with Crippen LogP contribution < -0.4 is 5.32 Å². The number of carbonyl (C=O) groups excluding carboxylic acids is 1. The Hall–Kier alpha value is -1.30. The first-order valence-corrected chi connectivity index (χ1v) is 7.18. The number of likely N-dealkylation sites (tertiary alicyclic amines) is 1. The minimum Gasteiger partial charge on any atom is -0.480 e. The number of aliphatic carboxylic acids is 1. The molecule has 1 heterocycles. The lowest BCUT2D eigenvalue weighted by Crippen LogP contribution is -2.53. The quantitative estimate of drug-likeness (QED) is 0.796. The lowest BCUT2D eigenvalue weighted by molar-refractivity contribution is -0.142. The normalized spacial score (nSPS) is 17.8. The Labute approximate surface area is 121 Å². The Morgan fingerprint density at radius 3 is 2.30 bits per heavy atom. The van der Waals surface area contributed by atoms with Gasteiger partial charge in [-0.15, -0.1) is 0 Å². The summed E-state index contributed by atoms with van der Waals surface area (Å²) in [5, 5.41) is 11.8. The third kappa shape index (κ3) is 5.00. The highest BCUT2D eigenvalue weighted by molar-refractivity contribution is 5.83. The fraction of sp³-hybridized carbons (Fsp3) is 0.857. The number of rotatable bonds is 5. The molecule has 0 aromatic heterocycles. The van der Waals surface area contributed by atoms with Crippen molar-refractivity contribution >= 4 is 12.0 Å². The third-order valence-corrected chi connectivity index (χ3v) is 3.68. The molecule has 0 aromatic carbocycles. The van der Waals surface area contributed by atoms with Crippen LogP contribution in [0.5, 0.6) is 0 Å². The molecule has 1 aliphatic heterocycles. The molecule has 0 radical (unpaired) electrons. The van der Waals surface area contributed by atoms with Crippen LogP contribution in [0.3, 0.4) is 0 Å². The second-order valence-electron chi connectivity index (χ2n) is 6.56. The van der Waals surface area contributed by atoms with E-state index in [1.165, 1.54) is 12.8 Å². The van der Waals surface area contributed by atoms with Gasteiger partial charge in [0.1, 0.15) is 6.04 Å². The molecule has 0 aromatic rings. The number of urea groups is 1. The molecular formula is C14H27N3O3. The number of hydrogen-bond acceptors (Lipinski definition) is 3. The minimum absolute atomic E-state index is 0.327. The number of carbonyl (C=O) groups is 2. The Kier molecular flexibility index (Phi) is 5.80. The van der Waals surface area contributed by atoms with E-state index in [2.05, 4.69) is 10.2 Å². The van der Waals surface area contributed by atoms with Gasteiger partial charge in [-0.2, -0.15) is 0 Å². The summed E-state index contributed by atoms with van der Waals surface area (Å²) in [6.07, 6.45) is 2.45. The average molecular weight is 285 g/mol. The average Bonchev–Trinajstić information content (AvgIpc) is 2.83. The van der Waals surface area contributed by atoms with Gasteiger partial charge in [0.05, 0.1) is 0 Å². The van der Waals surface area contributed by atoms with Crippen molar-refractivity contribution in [2.45, 2.75) is 39.7 Å². The maximum atomic E-state index is 12.0. The summed E-state index contributed by atoms with van der Waals surface area (Å²) in [5.74, 6) is -1.00. The van der Waals surface area contributed by atoms with E-state index in [-0.39, 0.29) is 6.03 Å². The summed E-state index contributed by atoms with van der Waals surface area (Å²) in [4.78, 5) is 27.1. The van der Waals surface area contributed by atoms with Crippen LogP contribution in [0.25, 0.3) is 0 Å². The van der Waals surface area contributed by atoms with E-state index in [9.17, 15) is 14.7 Å². The molecular weight excluding hydrogens is 258 g/mol. The minimum atomic E-state index is -1.00. The van der Waals surface area contributed by atoms with Gasteiger partial charge in [0.2, 0.25) is 0 Å². The predicted octanol–water partition coefficient (Wildman–Crippen LogP) is 1.22. The highest BCUT2D eigenvalue weighted by Gasteiger charge is 2.33. The van der Waals surface area contributed by atoms with E-state index in [0.717, 1.165) is 19.6 Å². The lowest BCUT2D eigenvalue weighted by Gasteiger charge is -2.30. The molecule has 0 aliphatic carbocycles. The standard InChI is InChI=1S/C14H27N3O3/c1-14(2,3)11(12(18)19)15-13(20)16(4)9-10-17-7-5-6-8-17/h11H,5-10H2,1-4H3,(H,15,20)(H,18,19)/t11-/m0/s1. The van der Waals surface area contributed by atoms with Crippen LogP contribution in [0.4, 0.5) is 4.79 Å². The zero-order chi connectivity index (χ0) is 15.3. The topological polar surface area (TPSA) is 72.9 Å². The highest BCUT2D eigenvalue weighted by Crippen LogP contribution is 2.19. The van der Waals surface area contributed by atoms with Gasteiger partial charge >= 0.3 is 12.0 Å².